The van der Waals surface area contributed by atoms with Crippen LogP contribution < -0.4 is 4.74 Å². The van der Waals surface area contributed by atoms with Crippen LogP contribution in [0.5, 0.6) is 5.75 Å². The lowest BCUT2D eigenvalue weighted by Crippen LogP contribution is -2.06. The Hall–Kier alpha value is -1.75. The van der Waals surface area contributed by atoms with E-state index in [-0.39, 0.29) is 6.04 Å². The fourth-order valence-corrected chi connectivity index (χ4v) is 2.46. The number of esters is 1. The zero-order chi connectivity index (χ0) is 14.9. The molecule has 0 amide bonds. The van der Waals surface area contributed by atoms with Gasteiger partial charge in [0.1, 0.15) is 17.1 Å². The van der Waals surface area contributed by atoms with E-state index in [2.05, 4.69) is 4.98 Å². The van der Waals surface area contributed by atoms with Crippen LogP contribution in [0, 0.1) is 0 Å². The Labute approximate surface area is 122 Å². The van der Waals surface area contributed by atoms with Crippen molar-refractivity contribution in [2.75, 3.05) is 14.2 Å². The van der Waals surface area contributed by atoms with Crippen molar-refractivity contribution in [2.45, 2.75) is 25.8 Å². The highest BCUT2D eigenvalue weighted by atomic mass is 35.5. The lowest BCUT2D eigenvalue weighted by Gasteiger charge is -2.12. The molecule has 0 spiro atoms. The number of carbonyl (C=O) groups is 1. The SMILES string of the molecule is COC(=O)c1cc(OC)c2nc(CCl)n(C(C)C)c2c1. The third-order valence-electron chi connectivity index (χ3n) is 3.11. The summed E-state index contributed by atoms with van der Waals surface area (Å²) in [5.74, 6) is 1.17. The molecule has 1 heterocycles. The van der Waals surface area contributed by atoms with Gasteiger partial charge in [-0.2, -0.15) is 0 Å². The second kappa shape index (κ2) is 5.71. The molecule has 5 nitrogen and oxygen atoms in total. The summed E-state index contributed by atoms with van der Waals surface area (Å²) in [6, 6.07) is 3.56. The van der Waals surface area contributed by atoms with Gasteiger partial charge in [-0.05, 0) is 26.0 Å². The molecule has 0 aliphatic carbocycles. The summed E-state index contributed by atoms with van der Waals surface area (Å²) in [5.41, 5.74) is 1.94. The van der Waals surface area contributed by atoms with Gasteiger partial charge in [-0.15, -0.1) is 11.6 Å². The van der Waals surface area contributed by atoms with Crippen LogP contribution in [0.3, 0.4) is 0 Å². The Morgan fingerprint density at radius 2 is 2.10 bits per heavy atom. The first kappa shape index (κ1) is 14.7. The third-order valence-corrected chi connectivity index (χ3v) is 3.35. The maximum absolute atomic E-state index is 11.7. The molecule has 1 aromatic heterocycles. The smallest absolute Gasteiger partial charge is 0.338 e. The lowest BCUT2D eigenvalue weighted by atomic mass is 10.1. The van der Waals surface area contributed by atoms with E-state index < -0.39 is 5.97 Å². The van der Waals surface area contributed by atoms with Gasteiger partial charge < -0.3 is 14.0 Å². The van der Waals surface area contributed by atoms with Gasteiger partial charge in [-0.25, -0.2) is 9.78 Å². The molecular formula is C14H17ClN2O3. The molecule has 0 saturated heterocycles. The van der Waals surface area contributed by atoms with Crippen LogP contribution in [0.15, 0.2) is 12.1 Å². The Balaban J connectivity index is 2.80. The quantitative estimate of drug-likeness (QED) is 0.642. The number of methoxy groups -OCH3 is 2. The molecule has 2 aromatic rings. The van der Waals surface area contributed by atoms with Crippen molar-refractivity contribution in [3.05, 3.63) is 23.5 Å². The molecule has 0 aliphatic heterocycles. The van der Waals surface area contributed by atoms with Crippen molar-refractivity contribution >= 4 is 28.6 Å². The van der Waals surface area contributed by atoms with Crippen LogP contribution in [-0.2, 0) is 10.6 Å². The largest absolute Gasteiger partial charge is 0.494 e. The molecule has 0 N–H and O–H groups in total. The van der Waals surface area contributed by atoms with E-state index in [1.165, 1.54) is 7.11 Å². The van der Waals surface area contributed by atoms with Crippen LogP contribution >= 0.6 is 11.6 Å². The number of carbonyl (C=O) groups excluding carboxylic acids is 1. The van der Waals surface area contributed by atoms with E-state index in [0.717, 1.165) is 11.3 Å². The molecule has 0 atom stereocenters. The highest BCUT2D eigenvalue weighted by Crippen LogP contribution is 2.31. The average molecular weight is 297 g/mol. The molecule has 6 heteroatoms. The zero-order valence-corrected chi connectivity index (χ0v) is 12.7. The number of hydrogen-bond donors (Lipinski definition) is 0. The van der Waals surface area contributed by atoms with Crippen molar-refractivity contribution < 1.29 is 14.3 Å². The maximum atomic E-state index is 11.7. The summed E-state index contributed by atoms with van der Waals surface area (Å²) in [6.45, 7) is 4.07. The minimum Gasteiger partial charge on any atom is -0.494 e. The molecule has 0 saturated carbocycles. The predicted molar refractivity (Wildman–Crippen MR) is 77.6 cm³/mol. The molecule has 0 unspecified atom stereocenters. The third kappa shape index (κ3) is 2.33. The minimum absolute atomic E-state index is 0.173. The van der Waals surface area contributed by atoms with Gasteiger partial charge in [0.15, 0.2) is 0 Å². The van der Waals surface area contributed by atoms with Crippen molar-refractivity contribution in [3.63, 3.8) is 0 Å². The Kier molecular flexibility index (Phi) is 4.18. The monoisotopic (exact) mass is 296 g/mol. The summed E-state index contributed by atoms with van der Waals surface area (Å²) < 4.78 is 12.1. The highest BCUT2D eigenvalue weighted by Gasteiger charge is 2.19. The van der Waals surface area contributed by atoms with E-state index in [0.29, 0.717) is 22.7 Å². The van der Waals surface area contributed by atoms with E-state index in [4.69, 9.17) is 21.1 Å². The van der Waals surface area contributed by atoms with Crippen molar-refractivity contribution in [1.82, 2.24) is 9.55 Å². The van der Waals surface area contributed by atoms with Gasteiger partial charge in [0, 0.05) is 6.04 Å². The Morgan fingerprint density at radius 3 is 2.60 bits per heavy atom. The molecule has 0 radical (unpaired) electrons. The highest BCUT2D eigenvalue weighted by molar-refractivity contribution is 6.17. The number of imidazole rings is 1. The van der Waals surface area contributed by atoms with E-state index >= 15 is 0 Å². The predicted octanol–water partition coefficient (Wildman–Crippen LogP) is 3.15. The lowest BCUT2D eigenvalue weighted by molar-refractivity contribution is 0.0600. The number of halogens is 1. The molecule has 108 valence electrons. The number of nitrogens with zero attached hydrogens (tertiary/aromatic N) is 2. The second-order valence-electron chi connectivity index (χ2n) is 4.66. The van der Waals surface area contributed by atoms with Crippen LogP contribution in [0.1, 0.15) is 36.1 Å². The molecular weight excluding hydrogens is 280 g/mol. The van der Waals surface area contributed by atoms with Crippen molar-refractivity contribution in [1.29, 1.82) is 0 Å². The first-order valence-corrected chi connectivity index (χ1v) is 6.80. The number of hydrogen-bond acceptors (Lipinski definition) is 4. The van der Waals surface area contributed by atoms with E-state index in [1.807, 2.05) is 18.4 Å². The number of rotatable bonds is 4. The van der Waals surface area contributed by atoms with Gasteiger partial charge >= 0.3 is 5.97 Å². The van der Waals surface area contributed by atoms with Gasteiger partial charge in [-0.1, -0.05) is 0 Å². The van der Waals surface area contributed by atoms with Gasteiger partial charge in [0.2, 0.25) is 0 Å². The number of alkyl halides is 1. The van der Waals surface area contributed by atoms with E-state index in [9.17, 15) is 4.79 Å². The fraction of sp³-hybridized carbons (Fsp3) is 0.429. The van der Waals surface area contributed by atoms with Crippen LogP contribution in [0.25, 0.3) is 11.0 Å². The maximum Gasteiger partial charge on any atom is 0.338 e. The van der Waals surface area contributed by atoms with Crippen LogP contribution in [0.2, 0.25) is 0 Å². The summed E-state index contributed by atoms with van der Waals surface area (Å²) in [7, 11) is 2.90. The summed E-state index contributed by atoms with van der Waals surface area (Å²) in [6.07, 6.45) is 0. The average Bonchev–Trinajstić information content (AvgIpc) is 2.83. The zero-order valence-electron chi connectivity index (χ0n) is 11.9. The topological polar surface area (TPSA) is 53.4 Å². The molecule has 0 fully saturated rings. The normalized spacial score (nSPS) is 11.1. The van der Waals surface area contributed by atoms with Crippen molar-refractivity contribution in [2.24, 2.45) is 0 Å². The second-order valence-corrected chi connectivity index (χ2v) is 4.93. The van der Waals surface area contributed by atoms with Gasteiger partial charge in [0.05, 0.1) is 31.2 Å². The minimum atomic E-state index is -0.408. The fourth-order valence-electron chi connectivity index (χ4n) is 2.27. The number of benzene rings is 1. The number of aromatic nitrogens is 2. The Bertz CT molecular complexity index is 649. The molecule has 0 bridgehead atoms. The van der Waals surface area contributed by atoms with Gasteiger partial charge in [0.25, 0.3) is 0 Å². The summed E-state index contributed by atoms with van der Waals surface area (Å²) in [5, 5.41) is 0. The van der Waals surface area contributed by atoms with Crippen LogP contribution in [-0.4, -0.2) is 29.7 Å². The summed E-state index contributed by atoms with van der Waals surface area (Å²) >= 11 is 5.96. The summed E-state index contributed by atoms with van der Waals surface area (Å²) in [4.78, 5) is 16.3. The molecule has 20 heavy (non-hydrogen) atoms. The first-order chi connectivity index (χ1) is 9.53. The molecule has 0 aliphatic rings. The molecule has 2 rings (SSSR count). The number of fused-ring (bicyclic) bond motifs is 1. The number of ether oxygens (including phenoxy) is 2. The van der Waals surface area contributed by atoms with E-state index in [1.54, 1.807) is 19.2 Å². The van der Waals surface area contributed by atoms with Gasteiger partial charge in [-0.3, -0.25) is 0 Å². The van der Waals surface area contributed by atoms with Crippen LogP contribution in [0.4, 0.5) is 0 Å². The first-order valence-electron chi connectivity index (χ1n) is 6.26. The standard InChI is InChI=1S/C14H17ClN2O3/c1-8(2)17-10-5-9(14(18)20-4)6-11(19-3)13(10)16-12(17)7-15/h5-6,8H,7H2,1-4H3. The van der Waals surface area contributed by atoms with Crippen molar-refractivity contribution in [3.8, 4) is 5.75 Å². The Morgan fingerprint density at radius 1 is 1.40 bits per heavy atom. The molecule has 1 aromatic carbocycles.